The van der Waals surface area contributed by atoms with Crippen molar-refractivity contribution in [3.63, 3.8) is 0 Å². The Morgan fingerprint density at radius 3 is 2.60 bits per heavy atom. The van der Waals surface area contributed by atoms with Crippen molar-refractivity contribution in [3.8, 4) is 0 Å². The summed E-state index contributed by atoms with van der Waals surface area (Å²) >= 11 is 0. The Bertz CT molecular complexity index is 200. The number of hydrogen-bond donors (Lipinski definition) is 1. The molecule has 1 aliphatic rings. The number of carbonyl (C=O) groups excluding carboxylic acids is 1. The second kappa shape index (κ2) is 6.11. The summed E-state index contributed by atoms with van der Waals surface area (Å²) < 4.78 is 0. The molecule has 0 bridgehead atoms. The third-order valence-corrected chi connectivity index (χ3v) is 3.12. The molecule has 0 aromatic heterocycles. The van der Waals surface area contributed by atoms with Crippen molar-refractivity contribution in [2.24, 2.45) is 5.92 Å². The molecule has 0 spiro atoms. The second-order valence-electron chi connectivity index (χ2n) is 4.69. The maximum Gasteiger partial charge on any atom is 0.239 e. The van der Waals surface area contributed by atoms with Gasteiger partial charge < -0.3 is 10.2 Å². The minimum atomic E-state index is 0.0454. The Kier molecular flexibility index (Phi) is 5.09. The number of rotatable bonds is 6. The van der Waals surface area contributed by atoms with Crippen LogP contribution in [0.1, 0.15) is 39.5 Å². The average molecular weight is 212 g/mol. The molecule has 1 fully saturated rings. The number of unbranched alkanes of at least 4 members (excludes halogenated alkanes) is 2. The van der Waals surface area contributed by atoms with Crippen LogP contribution in [0.3, 0.4) is 0 Å². The fraction of sp³-hybridized carbons (Fsp3) is 0.917. The van der Waals surface area contributed by atoms with Crippen LogP contribution in [0.15, 0.2) is 0 Å². The first-order valence-corrected chi connectivity index (χ1v) is 6.15. The number of amides is 1. The minimum absolute atomic E-state index is 0.0454. The lowest BCUT2D eigenvalue weighted by molar-refractivity contribution is -0.139. The molecule has 1 unspecified atom stereocenters. The Labute approximate surface area is 93.2 Å². The van der Waals surface area contributed by atoms with Crippen molar-refractivity contribution >= 4 is 5.91 Å². The zero-order valence-corrected chi connectivity index (χ0v) is 10.3. The van der Waals surface area contributed by atoms with Gasteiger partial charge in [0, 0.05) is 13.1 Å². The van der Waals surface area contributed by atoms with Crippen molar-refractivity contribution in [2.75, 3.05) is 20.1 Å². The molecule has 1 aliphatic heterocycles. The summed E-state index contributed by atoms with van der Waals surface area (Å²) in [6.07, 6.45) is 4.57. The van der Waals surface area contributed by atoms with Crippen LogP contribution in [0, 0.1) is 5.92 Å². The monoisotopic (exact) mass is 212 g/mol. The molecule has 0 aromatic carbocycles. The summed E-state index contributed by atoms with van der Waals surface area (Å²) in [5.74, 6) is 0.994. The third-order valence-electron chi connectivity index (χ3n) is 3.12. The predicted molar refractivity (Wildman–Crippen MR) is 62.7 cm³/mol. The van der Waals surface area contributed by atoms with Crippen molar-refractivity contribution in [2.45, 2.75) is 45.6 Å². The largest absolute Gasteiger partial charge is 0.341 e. The molecule has 1 N–H and O–H groups in total. The van der Waals surface area contributed by atoms with E-state index in [1.54, 1.807) is 0 Å². The molecule has 1 saturated heterocycles. The highest BCUT2D eigenvalue weighted by molar-refractivity contribution is 5.82. The van der Waals surface area contributed by atoms with Crippen LogP contribution >= 0.6 is 0 Å². The van der Waals surface area contributed by atoms with Crippen LogP contribution in [0.25, 0.3) is 0 Å². The van der Waals surface area contributed by atoms with Gasteiger partial charge in [-0.2, -0.15) is 0 Å². The van der Waals surface area contributed by atoms with Gasteiger partial charge in [-0.1, -0.05) is 33.1 Å². The van der Waals surface area contributed by atoms with Crippen molar-refractivity contribution < 1.29 is 4.79 Å². The van der Waals surface area contributed by atoms with Crippen molar-refractivity contribution in [1.29, 1.82) is 0 Å². The van der Waals surface area contributed by atoms with Gasteiger partial charge in [-0.3, -0.25) is 4.79 Å². The maximum absolute atomic E-state index is 12.0. The van der Waals surface area contributed by atoms with E-state index in [0.717, 1.165) is 25.9 Å². The average Bonchev–Trinajstić information content (AvgIpc) is 2.19. The van der Waals surface area contributed by atoms with Crippen LogP contribution < -0.4 is 5.32 Å². The van der Waals surface area contributed by atoms with E-state index in [2.05, 4.69) is 19.2 Å². The van der Waals surface area contributed by atoms with Crippen LogP contribution in [0.4, 0.5) is 0 Å². The Morgan fingerprint density at radius 1 is 1.47 bits per heavy atom. The third kappa shape index (κ3) is 3.49. The molecule has 0 aromatic rings. The van der Waals surface area contributed by atoms with E-state index in [-0.39, 0.29) is 6.04 Å². The molecular formula is C12H24N2O. The lowest BCUT2D eigenvalue weighted by Gasteiger charge is -2.39. The number of likely N-dealkylation sites (N-methyl/N-ethyl adjacent to an activating group) is 1. The summed E-state index contributed by atoms with van der Waals surface area (Å²) in [6, 6.07) is 0.0454. The Hall–Kier alpha value is -0.570. The minimum Gasteiger partial charge on any atom is -0.341 e. The smallest absolute Gasteiger partial charge is 0.239 e. The zero-order valence-electron chi connectivity index (χ0n) is 10.3. The Morgan fingerprint density at radius 2 is 2.13 bits per heavy atom. The fourth-order valence-electron chi connectivity index (χ4n) is 2.09. The van der Waals surface area contributed by atoms with E-state index >= 15 is 0 Å². The molecule has 3 nitrogen and oxygen atoms in total. The van der Waals surface area contributed by atoms with Gasteiger partial charge in [0.1, 0.15) is 0 Å². The molecule has 0 aliphatic carbocycles. The highest BCUT2D eigenvalue weighted by Crippen LogP contribution is 2.17. The summed E-state index contributed by atoms with van der Waals surface area (Å²) in [7, 11) is 1.89. The van der Waals surface area contributed by atoms with Gasteiger partial charge in [0.25, 0.3) is 0 Å². The van der Waals surface area contributed by atoms with Crippen LogP contribution in [-0.2, 0) is 4.79 Å². The molecule has 88 valence electrons. The molecule has 3 heteroatoms. The molecular weight excluding hydrogens is 188 g/mol. The first-order valence-electron chi connectivity index (χ1n) is 6.15. The number of nitrogens with zero attached hydrogens (tertiary/aromatic N) is 1. The maximum atomic E-state index is 12.0. The van der Waals surface area contributed by atoms with Gasteiger partial charge in [-0.25, -0.2) is 0 Å². The predicted octanol–water partition coefficient (Wildman–Crippen LogP) is 1.63. The molecule has 0 radical (unpaired) electrons. The standard InChI is InChI=1S/C12H24N2O/c1-4-5-6-7-11(13-3)12(15)14-8-10(2)9-14/h10-11,13H,4-9H2,1-3H3. The molecule has 15 heavy (non-hydrogen) atoms. The van der Waals surface area contributed by atoms with Gasteiger partial charge >= 0.3 is 0 Å². The SMILES string of the molecule is CCCCCC(NC)C(=O)N1CC(C)C1. The van der Waals surface area contributed by atoms with Crippen LogP contribution in [0.2, 0.25) is 0 Å². The first kappa shape index (κ1) is 12.5. The number of likely N-dealkylation sites (tertiary alicyclic amines) is 1. The van der Waals surface area contributed by atoms with Crippen molar-refractivity contribution in [3.05, 3.63) is 0 Å². The van der Waals surface area contributed by atoms with Crippen molar-refractivity contribution in [1.82, 2.24) is 10.2 Å². The second-order valence-corrected chi connectivity index (χ2v) is 4.69. The molecule has 1 rings (SSSR count). The summed E-state index contributed by atoms with van der Waals surface area (Å²) in [6.45, 7) is 6.28. The lowest BCUT2D eigenvalue weighted by atomic mass is 9.99. The summed E-state index contributed by atoms with van der Waals surface area (Å²) in [5, 5.41) is 3.13. The zero-order chi connectivity index (χ0) is 11.3. The lowest BCUT2D eigenvalue weighted by Crippen LogP contribution is -2.54. The Balaban J connectivity index is 2.27. The van der Waals surface area contributed by atoms with E-state index in [1.165, 1.54) is 12.8 Å². The first-order chi connectivity index (χ1) is 7.19. The van der Waals surface area contributed by atoms with E-state index < -0.39 is 0 Å². The van der Waals surface area contributed by atoms with Gasteiger partial charge in [-0.15, -0.1) is 0 Å². The van der Waals surface area contributed by atoms with E-state index in [4.69, 9.17) is 0 Å². The van der Waals surface area contributed by atoms with Gasteiger partial charge in [0.05, 0.1) is 6.04 Å². The number of hydrogen-bond acceptors (Lipinski definition) is 2. The fourth-order valence-corrected chi connectivity index (χ4v) is 2.09. The topological polar surface area (TPSA) is 32.3 Å². The van der Waals surface area contributed by atoms with E-state index in [9.17, 15) is 4.79 Å². The van der Waals surface area contributed by atoms with E-state index in [0.29, 0.717) is 11.8 Å². The number of carbonyl (C=O) groups is 1. The number of nitrogens with one attached hydrogen (secondary N) is 1. The normalized spacial score (nSPS) is 18.7. The quantitative estimate of drug-likeness (QED) is 0.679. The summed E-state index contributed by atoms with van der Waals surface area (Å²) in [4.78, 5) is 13.9. The highest BCUT2D eigenvalue weighted by Gasteiger charge is 2.30. The van der Waals surface area contributed by atoms with Gasteiger partial charge in [-0.05, 0) is 19.4 Å². The van der Waals surface area contributed by atoms with Gasteiger partial charge in [0.15, 0.2) is 0 Å². The highest BCUT2D eigenvalue weighted by atomic mass is 16.2. The van der Waals surface area contributed by atoms with Crippen LogP contribution in [-0.4, -0.2) is 37.0 Å². The molecule has 0 saturated carbocycles. The molecule has 1 heterocycles. The van der Waals surface area contributed by atoms with E-state index in [1.807, 2.05) is 11.9 Å². The summed E-state index contributed by atoms with van der Waals surface area (Å²) in [5.41, 5.74) is 0. The van der Waals surface area contributed by atoms with Crippen LogP contribution in [0.5, 0.6) is 0 Å². The molecule has 1 atom stereocenters. The molecule has 1 amide bonds. The van der Waals surface area contributed by atoms with Gasteiger partial charge in [0.2, 0.25) is 5.91 Å².